The van der Waals surface area contributed by atoms with Gasteiger partial charge in [-0.25, -0.2) is 0 Å². The van der Waals surface area contributed by atoms with Crippen molar-refractivity contribution in [2.45, 2.75) is 6.92 Å². The van der Waals surface area contributed by atoms with E-state index in [1.807, 2.05) is 0 Å². The van der Waals surface area contributed by atoms with Crippen LogP contribution in [0.4, 0.5) is 5.82 Å². The Labute approximate surface area is 63.8 Å². The van der Waals surface area contributed by atoms with Crippen molar-refractivity contribution in [2.75, 3.05) is 12.3 Å². The lowest BCUT2D eigenvalue weighted by Gasteiger charge is -2.00. The number of anilines is 1. The van der Waals surface area contributed by atoms with Crippen LogP contribution in [0.3, 0.4) is 0 Å². The van der Waals surface area contributed by atoms with Crippen LogP contribution in [0.2, 0.25) is 0 Å². The van der Waals surface area contributed by atoms with Gasteiger partial charge in [-0.2, -0.15) is 9.97 Å². The van der Waals surface area contributed by atoms with Gasteiger partial charge in [0, 0.05) is 6.07 Å². The Bertz CT molecular complexity index is 231. The minimum atomic E-state index is -0.180. The molecule has 0 saturated carbocycles. The minimum Gasteiger partial charge on any atom is -0.493 e. The molecule has 11 heavy (non-hydrogen) atoms. The topological polar surface area (TPSA) is 81.3 Å². The Morgan fingerprint density at radius 1 is 1.64 bits per heavy atom. The number of ether oxygens (including phenoxy) is 1. The van der Waals surface area contributed by atoms with Gasteiger partial charge < -0.3 is 15.6 Å². The first kappa shape index (κ1) is 7.59. The maximum Gasteiger partial charge on any atom is 0.321 e. The summed E-state index contributed by atoms with van der Waals surface area (Å²) in [6, 6.07) is 1.35. The second kappa shape index (κ2) is 3.05. The van der Waals surface area contributed by atoms with Crippen molar-refractivity contribution >= 4 is 5.82 Å². The monoisotopic (exact) mass is 155 g/mol. The van der Waals surface area contributed by atoms with Crippen LogP contribution in [0, 0.1) is 0 Å². The molecule has 60 valence electrons. The van der Waals surface area contributed by atoms with Gasteiger partial charge >= 0.3 is 6.01 Å². The smallest absolute Gasteiger partial charge is 0.321 e. The lowest BCUT2D eigenvalue weighted by Crippen LogP contribution is -1.99. The highest BCUT2D eigenvalue weighted by atomic mass is 16.5. The summed E-state index contributed by atoms with van der Waals surface area (Å²) in [5, 5.41) is 8.91. The second-order valence-electron chi connectivity index (χ2n) is 1.87. The molecule has 0 unspecified atom stereocenters. The lowest BCUT2D eigenvalue weighted by atomic mass is 10.6. The maximum atomic E-state index is 8.91. The van der Waals surface area contributed by atoms with E-state index >= 15 is 0 Å². The summed E-state index contributed by atoms with van der Waals surface area (Å²) >= 11 is 0. The Morgan fingerprint density at radius 2 is 2.36 bits per heavy atom. The fourth-order valence-corrected chi connectivity index (χ4v) is 0.624. The van der Waals surface area contributed by atoms with Crippen molar-refractivity contribution in [2.24, 2.45) is 0 Å². The third-order valence-electron chi connectivity index (χ3n) is 0.985. The van der Waals surface area contributed by atoms with Crippen LogP contribution < -0.4 is 10.5 Å². The van der Waals surface area contributed by atoms with E-state index in [0.717, 1.165) is 0 Å². The normalized spacial score (nSPS) is 9.55. The zero-order chi connectivity index (χ0) is 8.27. The standard InChI is InChI=1S/C6H9N3O2/c1-2-11-6-8-4(7)3-5(10)9-6/h3H,2H2,1H3,(H3,7,8,9,10). The molecule has 0 atom stereocenters. The predicted octanol–water partition coefficient (Wildman–Crippen LogP) is 0.163. The number of hydrogen-bond acceptors (Lipinski definition) is 5. The average Bonchev–Trinajstić information content (AvgIpc) is 1.85. The predicted molar refractivity (Wildman–Crippen MR) is 39.3 cm³/mol. The molecule has 0 amide bonds. The highest BCUT2D eigenvalue weighted by molar-refractivity contribution is 5.33. The quantitative estimate of drug-likeness (QED) is 0.635. The van der Waals surface area contributed by atoms with E-state index in [4.69, 9.17) is 15.6 Å². The van der Waals surface area contributed by atoms with Gasteiger partial charge in [0.2, 0.25) is 5.88 Å². The van der Waals surface area contributed by atoms with E-state index < -0.39 is 0 Å². The van der Waals surface area contributed by atoms with Gasteiger partial charge in [-0.3, -0.25) is 0 Å². The van der Waals surface area contributed by atoms with Crippen LogP contribution >= 0.6 is 0 Å². The SMILES string of the molecule is CCOc1nc(N)cc(O)n1. The molecule has 1 aromatic rings. The molecule has 0 aliphatic carbocycles. The summed E-state index contributed by atoms with van der Waals surface area (Å²) in [7, 11) is 0. The number of nitrogens with zero attached hydrogens (tertiary/aromatic N) is 2. The molecule has 1 rings (SSSR count). The molecule has 0 aliphatic heterocycles. The van der Waals surface area contributed by atoms with E-state index in [-0.39, 0.29) is 17.7 Å². The third-order valence-corrected chi connectivity index (χ3v) is 0.985. The van der Waals surface area contributed by atoms with Gasteiger partial charge in [-0.15, -0.1) is 0 Å². The molecule has 0 saturated heterocycles. The number of rotatable bonds is 2. The Morgan fingerprint density at radius 3 is 2.91 bits per heavy atom. The molecule has 1 heterocycles. The zero-order valence-corrected chi connectivity index (χ0v) is 6.11. The van der Waals surface area contributed by atoms with Crippen molar-refractivity contribution in [1.82, 2.24) is 9.97 Å². The zero-order valence-electron chi connectivity index (χ0n) is 6.11. The molecule has 3 N–H and O–H groups in total. The van der Waals surface area contributed by atoms with Gasteiger partial charge in [-0.05, 0) is 6.92 Å². The highest BCUT2D eigenvalue weighted by Crippen LogP contribution is 2.12. The Kier molecular flexibility index (Phi) is 2.10. The maximum absolute atomic E-state index is 8.91. The Balaban J connectivity index is 2.89. The van der Waals surface area contributed by atoms with E-state index in [1.165, 1.54) is 6.07 Å². The summed E-state index contributed by atoms with van der Waals surface area (Å²) in [6.45, 7) is 2.24. The average molecular weight is 155 g/mol. The van der Waals surface area contributed by atoms with Crippen molar-refractivity contribution in [3.8, 4) is 11.9 Å². The third kappa shape index (κ3) is 1.96. The molecule has 0 radical (unpaired) electrons. The van der Waals surface area contributed by atoms with Crippen molar-refractivity contribution < 1.29 is 9.84 Å². The fourth-order valence-electron chi connectivity index (χ4n) is 0.624. The van der Waals surface area contributed by atoms with Crippen LogP contribution in [0.5, 0.6) is 11.9 Å². The summed E-state index contributed by atoms with van der Waals surface area (Å²) in [5.41, 5.74) is 5.30. The van der Waals surface area contributed by atoms with Crippen molar-refractivity contribution in [3.63, 3.8) is 0 Å². The van der Waals surface area contributed by atoms with Crippen LogP contribution in [0.15, 0.2) is 6.07 Å². The molecule has 0 spiro atoms. The molecule has 0 fully saturated rings. The summed E-state index contributed by atoms with van der Waals surface area (Å²) in [4.78, 5) is 7.27. The molecule has 5 nitrogen and oxygen atoms in total. The van der Waals surface area contributed by atoms with Gasteiger partial charge in [0.25, 0.3) is 0 Å². The lowest BCUT2D eigenvalue weighted by molar-refractivity contribution is 0.306. The molecular weight excluding hydrogens is 146 g/mol. The number of aromatic nitrogens is 2. The molecule has 0 aliphatic rings. The van der Waals surface area contributed by atoms with Gasteiger partial charge in [0.1, 0.15) is 5.82 Å². The first-order valence-electron chi connectivity index (χ1n) is 3.18. The van der Waals surface area contributed by atoms with Crippen LogP contribution in [0.1, 0.15) is 6.92 Å². The van der Waals surface area contributed by atoms with E-state index in [1.54, 1.807) is 6.92 Å². The number of nitrogens with two attached hydrogens (primary N) is 1. The molecule has 1 aromatic heterocycles. The van der Waals surface area contributed by atoms with E-state index in [2.05, 4.69) is 9.97 Å². The fraction of sp³-hybridized carbons (Fsp3) is 0.333. The number of aromatic hydroxyl groups is 1. The van der Waals surface area contributed by atoms with Gasteiger partial charge in [0.05, 0.1) is 6.61 Å². The molecule has 0 bridgehead atoms. The van der Waals surface area contributed by atoms with Crippen LogP contribution in [-0.2, 0) is 0 Å². The second-order valence-corrected chi connectivity index (χ2v) is 1.87. The van der Waals surface area contributed by atoms with Crippen molar-refractivity contribution in [1.29, 1.82) is 0 Å². The van der Waals surface area contributed by atoms with Gasteiger partial charge in [0.15, 0.2) is 0 Å². The molecule has 5 heteroatoms. The molecular formula is C6H9N3O2. The van der Waals surface area contributed by atoms with Crippen LogP contribution in [0.25, 0.3) is 0 Å². The summed E-state index contributed by atoms with van der Waals surface area (Å²) in [6.07, 6.45) is 0. The van der Waals surface area contributed by atoms with Gasteiger partial charge in [-0.1, -0.05) is 0 Å². The highest BCUT2D eigenvalue weighted by Gasteiger charge is 1.99. The minimum absolute atomic E-state index is 0.102. The van der Waals surface area contributed by atoms with E-state index in [9.17, 15) is 0 Å². The first-order chi connectivity index (χ1) is 5.22. The molecule has 0 aromatic carbocycles. The summed E-state index contributed by atoms with van der Waals surface area (Å²) in [5.74, 6) is 0.0156. The first-order valence-corrected chi connectivity index (χ1v) is 3.18. The summed E-state index contributed by atoms with van der Waals surface area (Å²) < 4.78 is 4.91. The van der Waals surface area contributed by atoms with Crippen LogP contribution in [-0.4, -0.2) is 21.7 Å². The number of hydrogen-bond donors (Lipinski definition) is 2. The van der Waals surface area contributed by atoms with Crippen molar-refractivity contribution in [3.05, 3.63) is 6.07 Å². The Hall–Kier alpha value is -1.52. The van der Waals surface area contributed by atoms with E-state index in [0.29, 0.717) is 6.61 Å². The number of nitrogen functional groups attached to an aromatic ring is 1. The largest absolute Gasteiger partial charge is 0.493 e.